The summed E-state index contributed by atoms with van der Waals surface area (Å²) in [5.74, 6) is -0.710. The Hall–Kier alpha value is -2.77. The van der Waals surface area contributed by atoms with Crippen molar-refractivity contribution in [2.75, 3.05) is 6.54 Å². The highest BCUT2D eigenvalue weighted by Crippen LogP contribution is 2.22. The second kappa shape index (κ2) is 5.94. The molecule has 0 radical (unpaired) electrons. The topological polar surface area (TPSA) is 101 Å². The van der Waals surface area contributed by atoms with Gasteiger partial charge in [-0.2, -0.15) is 5.10 Å². The summed E-state index contributed by atoms with van der Waals surface area (Å²) >= 11 is 0. The number of aryl methyl sites for hydroxylation is 2. The molecule has 8 nitrogen and oxygen atoms in total. The van der Waals surface area contributed by atoms with Gasteiger partial charge >= 0.3 is 5.97 Å². The van der Waals surface area contributed by atoms with E-state index in [1.165, 1.54) is 22.7 Å². The van der Waals surface area contributed by atoms with E-state index in [1.54, 1.807) is 4.90 Å². The van der Waals surface area contributed by atoms with Crippen molar-refractivity contribution < 1.29 is 14.7 Å². The fourth-order valence-electron chi connectivity index (χ4n) is 3.58. The highest BCUT2D eigenvalue weighted by Gasteiger charge is 2.28. The minimum atomic E-state index is -1.13. The predicted molar refractivity (Wildman–Crippen MR) is 87.3 cm³/mol. The lowest BCUT2D eigenvalue weighted by molar-refractivity contribution is 0.0667. The maximum Gasteiger partial charge on any atom is 0.356 e. The van der Waals surface area contributed by atoms with Gasteiger partial charge in [0.05, 0.1) is 13.1 Å². The third-order valence-electron chi connectivity index (χ3n) is 4.86. The second-order valence-electron chi connectivity index (χ2n) is 6.53. The summed E-state index contributed by atoms with van der Waals surface area (Å²) in [5, 5.41) is 13.0. The first kappa shape index (κ1) is 15.7. The van der Waals surface area contributed by atoms with Crippen LogP contribution < -0.4 is 0 Å². The molecule has 8 heteroatoms. The molecule has 25 heavy (non-hydrogen) atoms. The molecule has 1 aliphatic carbocycles. The number of carbonyl (C=O) groups excluding carboxylic acids is 1. The van der Waals surface area contributed by atoms with Crippen LogP contribution in [0.4, 0.5) is 0 Å². The Morgan fingerprint density at radius 3 is 2.84 bits per heavy atom. The number of carbonyl (C=O) groups is 2. The Bertz CT molecular complexity index is 873. The zero-order valence-corrected chi connectivity index (χ0v) is 14.0. The molecule has 0 fully saturated rings. The normalized spacial score (nSPS) is 16.5. The van der Waals surface area contributed by atoms with Crippen LogP contribution in [0.5, 0.6) is 0 Å². The van der Waals surface area contributed by atoms with E-state index in [4.69, 9.17) is 5.11 Å². The van der Waals surface area contributed by atoms with Crippen LogP contribution in [0.1, 0.15) is 56.6 Å². The van der Waals surface area contributed by atoms with Crippen molar-refractivity contribution in [2.45, 2.75) is 45.7 Å². The van der Waals surface area contributed by atoms with Crippen molar-refractivity contribution in [3.63, 3.8) is 0 Å². The lowest BCUT2D eigenvalue weighted by Gasteiger charge is -2.27. The molecule has 1 amide bonds. The number of nitrogens with zero attached hydrogens (tertiary/aromatic N) is 5. The third kappa shape index (κ3) is 2.77. The van der Waals surface area contributed by atoms with Gasteiger partial charge in [0, 0.05) is 24.0 Å². The fourth-order valence-corrected chi connectivity index (χ4v) is 3.58. The molecule has 0 saturated carbocycles. The minimum Gasteiger partial charge on any atom is -0.476 e. The highest BCUT2D eigenvalue weighted by molar-refractivity contribution is 5.96. The molecule has 2 aromatic rings. The van der Waals surface area contributed by atoms with Crippen LogP contribution in [-0.2, 0) is 25.9 Å². The van der Waals surface area contributed by atoms with E-state index in [-0.39, 0.29) is 11.6 Å². The maximum absolute atomic E-state index is 12.6. The number of amides is 1. The van der Waals surface area contributed by atoms with Crippen LogP contribution in [0.25, 0.3) is 0 Å². The van der Waals surface area contributed by atoms with Crippen LogP contribution in [-0.4, -0.2) is 48.2 Å². The van der Waals surface area contributed by atoms with E-state index in [1.807, 2.05) is 6.92 Å². The standard InChI is InChI=1S/C17H19N5O3/c1-10-11-4-2-3-5-12(11)19-15(18-10)9-21-6-7-22-14(16(21)23)8-13(20-22)17(24)25/h8H,2-7,9H2,1H3,(H,24,25). The zero-order valence-electron chi connectivity index (χ0n) is 14.0. The molecule has 130 valence electrons. The van der Waals surface area contributed by atoms with Crippen LogP contribution in [0.2, 0.25) is 0 Å². The molecular formula is C17H19N5O3. The Labute approximate surface area is 144 Å². The first-order valence-electron chi connectivity index (χ1n) is 8.48. The Kier molecular flexibility index (Phi) is 3.74. The van der Waals surface area contributed by atoms with Crippen molar-refractivity contribution in [3.05, 3.63) is 40.2 Å². The van der Waals surface area contributed by atoms with E-state index < -0.39 is 5.97 Å². The molecule has 0 saturated heterocycles. The van der Waals surface area contributed by atoms with Gasteiger partial charge in [0.1, 0.15) is 11.5 Å². The van der Waals surface area contributed by atoms with Gasteiger partial charge in [0.15, 0.2) is 5.69 Å². The number of rotatable bonds is 3. The van der Waals surface area contributed by atoms with E-state index in [0.717, 1.165) is 30.7 Å². The molecule has 3 heterocycles. The maximum atomic E-state index is 12.6. The summed E-state index contributed by atoms with van der Waals surface area (Å²) in [4.78, 5) is 34.6. The summed E-state index contributed by atoms with van der Waals surface area (Å²) in [6.07, 6.45) is 4.31. The van der Waals surface area contributed by atoms with Crippen LogP contribution in [0, 0.1) is 6.92 Å². The van der Waals surface area contributed by atoms with Crippen molar-refractivity contribution >= 4 is 11.9 Å². The SMILES string of the molecule is Cc1nc(CN2CCn3nc(C(=O)O)cc3C2=O)nc2c1CCCC2. The first-order valence-corrected chi connectivity index (χ1v) is 8.48. The molecule has 0 bridgehead atoms. The fraction of sp³-hybridized carbons (Fsp3) is 0.471. The molecule has 1 N–H and O–H groups in total. The Balaban J connectivity index is 1.58. The average molecular weight is 341 g/mol. The minimum absolute atomic E-state index is 0.105. The van der Waals surface area contributed by atoms with E-state index in [0.29, 0.717) is 31.2 Å². The van der Waals surface area contributed by atoms with Crippen molar-refractivity contribution in [1.29, 1.82) is 0 Å². The number of carboxylic acid groups (broad SMARTS) is 1. The first-order chi connectivity index (χ1) is 12.0. The van der Waals surface area contributed by atoms with Crippen molar-refractivity contribution in [2.24, 2.45) is 0 Å². The quantitative estimate of drug-likeness (QED) is 0.900. The van der Waals surface area contributed by atoms with Crippen LogP contribution in [0.3, 0.4) is 0 Å². The summed E-state index contributed by atoms with van der Waals surface area (Å²) in [6, 6.07) is 1.33. The number of fused-ring (bicyclic) bond motifs is 2. The Morgan fingerprint density at radius 1 is 1.24 bits per heavy atom. The highest BCUT2D eigenvalue weighted by atomic mass is 16.4. The second-order valence-corrected chi connectivity index (χ2v) is 6.53. The molecule has 0 spiro atoms. The number of hydrogen-bond acceptors (Lipinski definition) is 5. The molecule has 0 atom stereocenters. The smallest absolute Gasteiger partial charge is 0.356 e. The van der Waals surface area contributed by atoms with Gasteiger partial charge in [-0.15, -0.1) is 0 Å². The van der Waals surface area contributed by atoms with Crippen molar-refractivity contribution in [3.8, 4) is 0 Å². The molecule has 1 aliphatic heterocycles. The number of carboxylic acids is 1. The van der Waals surface area contributed by atoms with Gasteiger partial charge in [0.25, 0.3) is 5.91 Å². The Morgan fingerprint density at radius 2 is 2.04 bits per heavy atom. The summed E-state index contributed by atoms with van der Waals surface area (Å²) in [7, 11) is 0. The number of aromatic carboxylic acids is 1. The number of aromatic nitrogens is 4. The van der Waals surface area contributed by atoms with E-state index in [2.05, 4.69) is 15.1 Å². The summed E-state index contributed by atoms with van der Waals surface area (Å²) in [6.45, 7) is 3.27. The van der Waals surface area contributed by atoms with Gasteiger partial charge in [-0.05, 0) is 38.2 Å². The average Bonchev–Trinajstić information content (AvgIpc) is 3.03. The van der Waals surface area contributed by atoms with Crippen LogP contribution >= 0.6 is 0 Å². The predicted octanol–water partition coefficient (Wildman–Crippen LogP) is 1.21. The molecule has 4 rings (SSSR count). The van der Waals surface area contributed by atoms with Crippen LogP contribution in [0.15, 0.2) is 6.07 Å². The zero-order chi connectivity index (χ0) is 17.6. The number of hydrogen-bond donors (Lipinski definition) is 1. The molecule has 2 aromatic heterocycles. The molecule has 0 unspecified atom stereocenters. The van der Waals surface area contributed by atoms with Crippen molar-refractivity contribution in [1.82, 2.24) is 24.6 Å². The molecule has 0 aromatic carbocycles. The van der Waals surface area contributed by atoms with Gasteiger partial charge in [-0.3, -0.25) is 9.48 Å². The third-order valence-corrected chi connectivity index (χ3v) is 4.86. The van der Waals surface area contributed by atoms with Gasteiger partial charge in [0.2, 0.25) is 0 Å². The van der Waals surface area contributed by atoms with Gasteiger partial charge < -0.3 is 10.0 Å². The molecule has 2 aliphatic rings. The lowest BCUT2D eigenvalue weighted by Crippen LogP contribution is -2.40. The van der Waals surface area contributed by atoms with Gasteiger partial charge in [-0.1, -0.05) is 0 Å². The van der Waals surface area contributed by atoms with E-state index in [9.17, 15) is 9.59 Å². The van der Waals surface area contributed by atoms with E-state index >= 15 is 0 Å². The lowest BCUT2D eigenvalue weighted by atomic mass is 9.95. The summed E-state index contributed by atoms with van der Waals surface area (Å²) in [5.41, 5.74) is 3.56. The summed E-state index contributed by atoms with van der Waals surface area (Å²) < 4.78 is 1.46. The largest absolute Gasteiger partial charge is 0.476 e. The molecular weight excluding hydrogens is 322 g/mol. The monoisotopic (exact) mass is 341 g/mol. The van der Waals surface area contributed by atoms with Gasteiger partial charge in [-0.25, -0.2) is 14.8 Å².